The highest BCUT2D eigenvalue weighted by atomic mass is 16.6. The number of aromatic nitrogens is 3. The Hall–Kier alpha value is -3.15. The van der Waals surface area contributed by atoms with Crippen LogP contribution in [0.1, 0.15) is 32.2 Å². The number of nitrogens with one attached hydrogen (secondary N) is 1. The second-order valence-electron chi connectivity index (χ2n) is 7.01. The van der Waals surface area contributed by atoms with Crippen molar-refractivity contribution in [2.75, 3.05) is 4.90 Å². The van der Waals surface area contributed by atoms with E-state index < -0.39 is 6.09 Å². The van der Waals surface area contributed by atoms with Gasteiger partial charge in [0.05, 0.1) is 11.4 Å². The number of rotatable bonds is 3. The van der Waals surface area contributed by atoms with Crippen LogP contribution >= 0.6 is 0 Å². The molecule has 0 saturated carbocycles. The van der Waals surface area contributed by atoms with Crippen molar-refractivity contribution >= 4 is 17.6 Å². The van der Waals surface area contributed by atoms with E-state index in [0.717, 1.165) is 5.69 Å². The number of amides is 1. The summed E-state index contributed by atoms with van der Waals surface area (Å²) in [5.74, 6) is 0.933. The SMILES string of the molecule is Cc1ncccc1N(C(=O)Oc1ccccc1)c1cc(C(C)(C)C)[nH]n1. The molecule has 0 atom stereocenters. The fourth-order valence-corrected chi connectivity index (χ4v) is 2.47. The van der Waals surface area contributed by atoms with Crippen LogP contribution < -0.4 is 9.64 Å². The van der Waals surface area contributed by atoms with E-state index in [-0.39, 0.29) is 5.41 Å². The lowest BCUT2D eigenvalue weighted by molar-refractivity contribution is 0.210. The standard InChI is InChI=1S/C20H22N4O2/c1-14-16(11-8-12-21-14)24(18-13-17(22-23-18)20(2,3)4)19(25)26-15-9-6-5-7-10-15/h5-13H,1-4H3,(H,22,23). The lowest BCUT2D eigenvalue weighted by atomic mass is 9.92. The number of anilines is 2. The highest BCUT2D eigenvalue weighted by Crippen LogP contribution is 2.30. The molecule has 0 spiro atoms. The van der Waals surface area contributed by atoms with Gasteiger partial charge in [0.1, 0.15) is 5.75 Å². The van der Waals surface area contributed by atoms with Crippen molar-refractivity contribution in [3.05, 3.63) is 66.1 Å². The van der Waals surface area contributed by atoms with E-state index in [1.807, 2.05) is 37.3 Å². The number of hydrogen-bond donors (Lipinski definition) is 1. The van der Waals surface area contributed by atoms with E-state index in [0.29, 0.717) is 22.9 Å². The molecular weight excluding hydrogens is 328 g/mol. The minimum Gasteiger partial charge on any atom is -0.410 e. The van der Waals surface area contributed by atoms with Gasteiger partial charge >= 0.3 is 6.09 Å². The third-order valence-electron chi connectivity index (χ3n) is 3.95. The van der Waals surface area contributed by atoms with Crippen LogP contribution in [0.25, 0.3) is 0 Å². The van der Waals surface area contributed by atoms with Gasteiger partial charge in [0.15, 0.2) is 5.82 Å². The molecule has 0 unspecified atom stereocenters. The molecule has 2 aromatic heterocycles. The first-order chi connectivity index (χ1) is 12.4. The van der Waals surface area contributed by atoms with Crippen molar-refractivity contribution in [1.29, 1.82) is 0 Å². The summed E-state index contributed by atoms with van der Waals surface area (Å²) >= 11 is 0. The van der Waals surface area contributed by atoms with Crippen molar-refractivity contribution in [2.45, 2.75) is 33.1 Å². The molecule has 6 nitrogen and oxygen atoms in total. The van der Waals surface area contributed by atoms with Crippen LogP contribution in [0.5, 0.6) is 5.75 Å². The van der Waals surface area contributed by atoms with Crippen LogP contribution in [0.2, 0.25) is 0 Å². The first-order valence-corrected chi connectivity index (χ1v) is 8.41. The van der Waals surface area contributed by atoms with E-state index in [1.54, 1.807) is 24.4 Å². The van der Waals surface area contributed by atoms with Crippen molar-refractivity contribution < 1.29 is 9.53 Å². The maximum atomic E-state index is 12.9. The summed E-state index contributed by atoms with van der Waals surface area (Å²) in [4.78, 5) is 18.7. The molecule has 2 heterocycles. The fourth-order valence-electron chi connectivity index (χ4n) is 2.47. The molecule has 6 heteroatoms. The Morgan fingerprint density at radius 2 is 1.85 bits per heavy atom. The third-order valence-corrected chi connectivity index (χ3v) is 3.95. The molecule has 3 aromatic rings. The maximum Gasteiger partial charge on any atom is 0.425 e. The molecule has 0 saturated heterocycles. The predicted molar refractivity (Wildman–Crippen MR) is 101 cm³/mol. The van der Waals surface area contributed by atoms with E-state index in [4.69, 9.17) is 4.74 Å². The summed E-state index contributed by atoms with van der Waals surface area (Å²) in [7, 11) is 0. The lowest BCUT2D eigenvalue weighted by Crippen LogP contribution is -2.30. The lowest BCUT2D eigenvalue weighted by Gasteiger charge is -2.21. The summed E-state index contributed by atoms with van der Waals surface area (Å²) in [5, 5.41) is 7.35. The molecule has 26 heavy (non-hydrogen) atoms. The van der Waals surface area contributed by atoms with Gasteiger partial charge in [-0.2, -0.15) is 5.10 Å². The third kappa shape index (κ3) is 3.74. The number of carbonyl (C=O) groups is 1. The van der Waals surface area contributed by atoms with Crippen molar-refractivity contribution in [1.82, 2.24) is 15.2 Å². The number of nitrogens with zero attached hydrogens (tertiary/aromatic N) is 3. The highest BCUT2D eigenvalue weighted by molar-refractivity contribution is 5.96. The fraction of sp³-hybridized carbons (Fsp3) is 0.250. The molecule has 0 aliphatic rings. The zero-order valence-corrected chi connectivity index (χ0v) is 15.4. The number of H-pyrrole nitrogens is 1. The van der Waals surface area contributed by atoms with E-state index in [2.05, 4.69) is 36.0 Å². The summed E-state index contributed by atoms with van der Waals surface area (Å²) < 4.78 is 5.54. The molecule has 3 rings (SSSR count). The summed E-state index contributed by atoms with van der Waals surface area (Å²) in [5.41, 5.74) is 2.13. The van der Waals surface area contributed by atoms with Gasteiger partial charge in [-0.25, -0.2) is 9.69 Å². The van der Waals surface area contributed by atoms with Gasteiger partial charge in [-0.15, -0.1) is 0 Å². The Kier molecular flexibility index (Phi) is 4.75. The van der Waals surface area contributed by atoms with Gasteiger partial charge in [0, 0.05) is 23.4 Å². The van der Waals surface area contributed by atoms with Gasteiger partial charge in [-0.05, 0) is 31.2 Å². The molecule has 0 fully saturated rings. The van der Waals surface area contributed by atoms with E-state index in [1.165, 1.54) is 4.90 Å². The molecule has 0 radical (unpaired) electrons. The quantitative estimate of drug-likeness (QED) is 0.740. The van der Waals surface area contributed by atoms with Crippen molar-refractivity contribution in [3.63, 3.8) is 0 Å². The topological polar surface area (TPSA) is 71.1 Å². The molecule has 134 valence electrons. The van der Waals surface area contributed by atoms with Gasteiger partial charge in [0.25, 0.3) is 0 Å². The van der Waals surface area contributed by atoms with Crippen LogP contribution in [-0.2, 0) is 5.41 Å². The Bertz CT molecular complexity index is 897. The van der Waals surface area contributed by atoms with Crippen molar-refractivity contribution in [3.8, 4) is 5.75 Å². The van der Waals surface area contributed by atoms with Gasteiger partial charge in [-0.3, -0.25) is 10.1 Å². The average Bonchev–Trinajstić information content (AvgIpc) is 3.08. The number of aromatic amines is 1. The molecule has 1 amide bonds. The molecule has 1 aromatic carbocycles. The zero-order chi connectivity index (χ0) is 18.7. The summed E-state index contributed by atoms with van der Waals surface area (Å²) in [6.07, 6.45) is 1.14. The summed E-state index contributed by atoms with van der Waals surface area (Å²) in [6.45, 7) is 8.07. The number of para-hydroxylation sites is 1. The Morgan fingerprint density at radius 3 is 2.46 bits per heavy atom. The van der Waals surface area contributed by atoms with E-state index >= 15 is 0 Å². The predicted octanol–water partition coefficient (Wildman–Crippen LogP) is 4.75. The number of ether oxygens (including phenoxy) is 1. The van der Waals surface area contributed by atoms with Crippen LogP contribution in [0, 0.1) is 6.92 Å². The van der Waals surface area contributed by atoms with Gasteiger partial charge in [0.2, 0.25) is 0 Å². The Balaban J connectivity index is 2.01. The minimum atomic E-state index is -0.542. The summed E-state index contributed by atoms with van der Waals surface area (Å²) in [6, 6.07) is 14.4. The Labute approximate surface area is 152 Å². The largest absolute Gasteiger partial charge is 0.425 e. The Morgan fingerprint density at radius 1 is 1.12 bits per heavy atom. The smallest absolute Gasteiger partial charge is 0.410 e. The van der Waals surface area contributed by atoms with Crippen molar-refractivity contribution in [2.24, 2.45) is 0 Å². The first-order valence-electron chi connectivity index (χ1n) is 8.41. The monoisotopic (exact) mass is 350 g/mol. The number of pyridine rings is 1. The second kappa shape index (κ2) is 7.00. The van der Waals surface area contributed by atoms with Crippen LogP contribution in [-0.4, -0.2) is 21.3 Å². The number of hydrogen-bond acceptors (Lipinski definition) is 4. The molecule has 0 aliphatic heterocycles. The number of aryl methyl sites for hydroxylation is 1. The van der Waals surface area contributed by atoms with Crippen LogP contribution in [0.4, 0.5) is 16.3 Å². The van der Waals surface area contributed by atoms with Crippen LogP contribution in [0.3, 0.4) is 0 Å². The maximum absolute atomic E-state index is 12.9. The van der Waals surface area contributed by atoms with Gasteiger partial charge in [-0.1, -0.05) is 39.0 Å². The first kappa shape index (κ1) is 17.7. The molecule has 1 N–H and O–H groups in total. The molecular formula is C20H22N4O2. The second-order valence-corrected chi connectivity index (χ2v) is 7.01. The minimum absolute atomic E-state index is 0.121. The normalized spacial score (nSPS) is 11.2. The zero-order valence-electron chi connectivity index (χ0n) is 15.4. The van der Waals surface area contributed by atoms with E-state index in [9.17, 15) is 4.79 Å². The van der Waals surface area contributed by atoms with Crippen LogP contribution in [0.15, 0.2) is 54.7 Å². The average molecular weight is 350 g/mol. The molecule has 0 aliphatic carbocycles. The number of carbonyl (C=O) groups excluding carboxylic acids is 1. The number of benzene rings is 1. The molecule has 0 bridgehead atoms. The van der Waals surface area contributed by atoms with Gasteiger partial charge < -0.3 is 4.74 Å². The highest BCUT2D eigenvalue weighted by Gasteiger charge is 2.27.